The van der Waals surface area contributed by atoms with Crippen LogP contribution in [0.15, 0.2) is 12.1 Å². The van der Waals surface area contributed by atoms with Crippen molar-refractivity contribution in [2.24, 2.45) is 0 Å². The van der Waals surface area contributed by atoms with Crippen molar-refractivity contribution >= 4 is 11.5 Å². The normalized spacial score (nSPS) is 21.6. The summed E-state index contributed by atoms with van der Waals surface area (Å²) in [5.41, 5.74) is 4.53. The molecule has 0 spiro atoms. The molecule has 1 heterocycles. The molecular formula is C15H21NO. The van der Waals surface area contributed by atoms with E-state index < -0.39 is 0 Å². The molecule has 0 saturated carbocycles. The molecule has 92 valence electrons. The summed E-state index contributed by atoms with van der Waals surface area (Å²) >= 11 is 0. The van der Waals surface area contributed by atoms with Crippen molar-refractivity contribution in [2.75, 3.05) is 5.32 Å². The Morgan fingerprint density at radius 1 is 1.41 bits per heavy atom. The number of fused-ring (bicyclic) bond motifs is 1. The van der Waals surface area contributed by atoms with Crippen LogP contribution in [0.2, 0.25) is 0 Å². The summed E-state index contributed by atoms with van der Waals surface area (Å²) in [6.45, 7) is 10.3. The molecule has 0 fully saturated rings. The molecule has 1 aromatic carbocycles. The molecule has 2 rings (SSSR count). The molecule has 0 saturated heterocycles. The van der Waals surface area contributed by atoms with Gasteiger partial charge in [-0.3, -0.25) is 4.79 Å². The molecule has 0 radical (unpaired) electrons. The molecule has 1 unspecified atom stereocenters. The highest BCUT2D eigenvalue weighted by Gasteiger charge is 2.29. The van der Waals surface area contributed by atoms with E-state index in [4.69, 9.17) is 0 Å². The van der Waals surface area contributed by atoms with Crippen molar-refractivity contribution in [1.82, 2.24) is 0 Å². The van der Waals surface area contributed by atoms with E-state index in [1.807, 2.05) is 6.92 Å². The number of anilines is 1. The Hall–Kier alpha value is -1.31. The summed E-state index contributed by atoms with van der Waals surface area (Å²) in [6.07, 6.45) is 1.10. The minimum atomic E-state index is 0.136. The smallest absolute Gasteiger partial charge is 0.160 e. The molecule has 1 aromatic rings. The minimum absolute atomic E-state index is 0.136. The third-order valence-corrected chi connectivity index (χ3v) is 3.60. The zero-order valence-corrected chi connectivity index (χ0v) is 11.3. The van der Waals surface area contributed by atoms with Gasteiger partial charge in [-0.15, -0.1) is 0 Å². The number of Topliss-reactive ketones (excluding diaryl/α,β-unsaturated/α-hetero) is 1. The number of rotatable bonds is 1. The molecule has 0 aromatic heterocycles. The first-order valence-electron chi connectivity index (χ1n) is 6.24. The summed E-state index contributed by atoms with van der Waals surface area (Å²) in [5, 5.41) is 3.56. The Kier molecular flexibility index (Phi) is 2.76. The fourth-order valence-electron chi connectivity index (χ4n) is 2.91. The van der Waals surface area contributed by atoms with Crippen molar-refractivity contribution in [3.63, 3.8) is 0 Å². The van der Waals surface area contributed by atoms with Crippen LogP contribution in [0.25, 0.3) is 0 Å². The number of hydrogen-bond acceptors (Lipinski definition) is 2. The van der Waals surface area contributed by atoms with Crippen molar-refractivity contribution in [3.05, 3.63) is 28.8 Å². The zero-order valence-electron chi connectivity index (χ0n) is 11.3. The van der Waals surface area contributed by atoms with E-state index >= 15 is 0 Å². The van der Waals surface area contributed by atoms with Gasteiger partial charge in [0.1, 0.15) is 0 Å². The van der Waals surface area contributed by atoms with Gasteiger partial charge in [0.2, 0.25) is 0 Å². The number of ketones is 1. The number of hydrogen-bond donors (Lipinski definition) is 1. The minimum Gasteiger partial charge on any atom is -0.380 e. The van der Waals surface area contributed by atoms with Gasteiger partial charge >= 0.3 is 0 Å². The van der Waals surface area contributed by atoms with Gasteiger partial charge in [-0.2, -0.15) is 0 Å². The van der Waals surface area contributed by atoms with Crippen LogP contribution in [0.3, 0.4) is 0 Å². The van der Waals surface area contributed by atoms with Gasteiger partial charge in [0.05, 0.1) is 0 Å². The zero-order chi connectivity index (χ0) is 12.8. The largest absolute Gasteiger partial charge is 0.380 e. The van der Waals surface area contributed by atoms with Gasteiger partial charge in [-0.1, -0.05) is 6.92 Å². The lowest BCUT2D eigenvalue weighted by Crippen LogP contribution is -2.36. The lowest BCUT2D eigenvalue weighted by atomic mass is 9.80. The second-order valence-electron chi connectivity index (χ2n) is 5.92. The molecule has 0 aliphatic carbocycles. The van der Waals surface area contributed by atoms with Crippen LogP contribution in [-0.2, 0) is 0 Å². The van der Waals surface area contributed by atoms with E-state index in [2.05, 4.69) is 38.2 Å². The van der Waals surface area contributed by atoms with E-state index in [0.29, 0.717) is 5.92 Å². The Bertz CT molecular complexity index is 474. The van der Waals surface area contributed by atoms with Gasteiger partial charge in [0.15, 0.2) is 5.78 Å². The second-order valence-corrected chi connectivity index (χ2v) is 5.92. The Morgan fingerprint density at radius 2 is 2.06 bits per heavy atom. The number of nitrogens with one attached hydrogen (secondary N) is 1. The summed E-state index contributed by atoms with van der Waals surface area (Å²) in [7, 11) is 0. The molecule has 1 aliphatic heterocycles. The summed E-state index contributed by atoms with van der Waals surface area (Å²) in [6, 6.07) is 4.18. The summed E-state index contributed by atoms with van der Waals surface area (Å²) < 4.78 is 0. The third kappa shape index (κ3) is 2.21. The first-order chi connectivity index (χ1) is 7.80. The fraction of sp³-hybridized carbons (Fsp3) is 0.533. The standard InChI is InChI=1S/C15H21NO/c1-9-6-14-13(7-12(9)11(3)17)10(2)8-15(4,5)16-14/h6-7,10,16H,8H2,1-5H3. The van der Waals surface area contributed by atoms with Crippen LogP contribution >= 0.6 is 0 Å². The van der Waals surface area contributed by atoms with Crippen LogP contribution in [0.5, 0.6) is 0 Å². The van der Waals surface area contributed by atoms with Crippen LogP contribution < -0.4 is 5.32 Å². The highest BCUT2D eigenvalue weighted by atomic mass is 16.1. The highest BCUT2D eigenvalue weighted by Crippen LogP contribution is 2.39. The first kappa shape index (κ1) is 12.2. The maximum absolute atomic E-state index is 11.6. The maximum Gasteiger partial charge on any atom is 0.160 e. The van der Waals surface area contributed by atoms with Gasteiger partial charge in [-0.05, 0) is 63.3 Å². The fourth-order valence-corrected chi connectivity index (χ4v) is 2.91. The van der Waals surface area contributed by atoms with Gasteiger partial charge in [0, 0.05) is 16.8 Å². The molecule has 0 amide bonds. The first-order valence-corrected chi connectivity index (χ1v) is 6.24. The molecule has 2 heteroatoms. The Balaban J connectivity index is 2.54. The van der Waals surface area contributed by atoms with Gasteiger partial charge < -0.3 is 5.32 Å². The topological polar surface area (TPSA) is 29.1 Å². The monoisotopic (exact) mass is 231 g/mol. The summed E-state index contributed by atoms with van der Waals surface area (Å²) in [5.74, 6) is 0.655. The van der Waals surface area contributed by atoms with E-state index in [1.165, 1.54) is 11.3 Å². The maximum atomic E-state index is 11.6. The number of aryl methyl sites for hydroxylation is 1. The average molecular weight is 231 g/mol. The predicted molar refractivity (Wildman–Crippen MR) is 71.9 cm³/mol. The van der Waals surface area contributed by atoms with Crippen LogP contribution in [0.4, 0.5) is 5.69 Å². The molecule has 1 aliphatic rings. The Labute approximate surface area is 103 Å². The van der Waals surface area contributed by atoms with E-state index in [-0.39, 0.29) is 11.3 Å². The Morgan fingerprint density at radius 3 is 2.65 bits per heavy atom. The number of carbonyl (C=O) groups excluding carboxylic acids is 1. The van der Waals surface area contributed by atoms with Crippen LogP contribution in [0, 0.1) is 6.92 Å². The molecule has 17 heavy (non-hydrogen) atoms. The number of benzene rings is 1. The van der Waals surface area contributed by atoms with E-state index in [0.717, 1.165) is 17.5 Å². The molecule has 0 bridgehead atoms. The number of carbonyl (C=O) groups is 1. The van der Waals surface area contributed by atoms with Crippen LogP contribution in [0.1, 0.15) is 61.5 Å². The molecule has 2 nitrogen and oxygen atoms in total. The van der Waals surface area contributed by atoms with Gasteiger partial charge in [-0.25, -0.2) is 0 Å². The van der Waals surface area contributed by atoms with Crippen molar-refractivity contribution in [1.29, 1.82) is 0 Å². The quantitative estimate of drug-likeness (QED) is 0.743. The third-order valence-electron chi connectivity index (χ3n) is 3.60. The van der Waals surface area contributed by atoms with Crippen LogP contribution in [-0.4, -0.2) is 11.3 Å². The van der Waals surface area contributed by atoms with E-state index in [1.54, 1.807) is 6.92 Å². The average Bonchev–Trinajstić information content (AvgIpc) is 2.13. The molecule has 1 N–H and O–H groups in total. The van der Waals surface area contributed by atoms with Gasteiger partial charge in [0.25, 0.3) is 0 Å². The van der Waals surface area contributed by atoms with Crippen molar-refractivity contribution in [3.8, 4) is 0 Å². The molecular weight excluding hydrogens is 210 g/mol. The van der Waals surface area contributed by atoms with Crippen molar-refractivity contribution in [2.45, 2.75) is 52.5 Å². The molecule has 1 atom stereocenters. The second kappa shape index (κ2) is 3.86. The summed E-state index contributed by atoms with van der Waals surface area (Å²) in [4.78, 5) is 11.6. The predicted octanol–water partition coefficient (Wildman–Crippen LogP) is 3.90. The highest BCUT2D eigenvalue weighted by molar-refractivity contribution is 5.96. The SMILES string of the molecule is CC(=O)c1cc2c(cc1C)NC(C)(C)CC2C. The lowest BCUT2D eigenvalue weighted by Gasteiger charge is -2.38. The lowest BCUT2D eigenvalue weighted by molar-refractivity contribution is 0.101. The van der Waals surface area contributed by atoms with Crippen molar-refractivity contribution < 1.29 is 4.79 Å². The van der Waals surface area contributed by atoms with E-state index in [9.17, 15) is 4.79 Å².